The van der Waals surface area contributed by atoms with Crippen LogP contribution in [-0.4, -0.2) is 4.98 Å². The summed E-state index contributed by atoms with van der Waals surface area (Å²) in [6, 6.07) is 2.02. The fourth-order valence-electron chi connectivity index (χ4n) is 0.686. The van der Waals surface area contributed by atoms with Gasteiger partial charge in [-0.15, -0.1) is 0 Å². The highest BCUT2D eigenvalue weighted by molar-refractivity contribution is 9.10. The first-order valence-electron chi connectivity index (χ1n) is 2.90. The van der Waals surface area contributed by atoms with Crippen LogP contribution in [0.5, 0.6) is 0 Å². The van der Waals surface area contributed by atoms with Crippen molar-refractivity contribution in [3.05, 3.63) is 27.5 Å². The van der Waals surface area contributed by atoms with Crippen molar-refractivity contribution in [1.82, 2.24) is 4.98 Å². The molecule has 1 aromatic heterocycles. The zero-order valence-electron chi connectivity index (χ0n) is 5.51. The number of aromatic nitrogens is 1. The minimum absolute atomic E-state index is 0.307. The Balaban J connectivity index is 3.12. The number of halogens is 2. The fourth-order valence-corrected chi connectivity index (χ4v) is 1.50. The maximum absolute atomic E-state index is 8.42. The van der Waals surface area contributed by atoms with Gasteiger partial charge in [-0.25, -0.2) is 0 Å². The lowest BCUT2D eigenvalue weighted by Crippen LogP contribution is -1.86. The molecule has 0 N–H and O–H groups in total. The van der Waals surface area contributed by atoms with E-state index in [-0.39, 0.29) is 0 Å². The van der Waals surface area contributed by atoms with Gasteiger partial charge in [0.05, 0.1) is 17.5 Å². The van der Waals surface area contributed by atoms with Crippen LogP contribution < -0.4 is 0 Å². The molecule has 11 heavy (non-hydrogen) atoms. The third-order valence-electron chi connectivity index (χ3n) is 1.21. The summed E-state index contributed by atoms with van der Waals surface area (Å²) in [5.41, 5.74) is 0.796. The average molecular weight is 231 g/mol. The van der Waals surface area contributed by atoms with E-state index in [9.17, 15) is 0 Å². The Kier molecular flexibility index (Phi) is 2.86. The molecule has 0 saturated heterocycles. The van der Waals surface area contributed by atoms with Gasteiger partial charge in [0.15, 0.2) is 0 Å². The molecule has 0 aliphatic heterocycles. The molecule has 0 amide bonds. The minimum atomic E-state index is 0.307. The number of nitrogens with zero attached hydrogens (tertiary/aromatic N) is 2. The normalized spacial score (nSPS) is 9.18. The molecule has 0 bridgehead atoms. The second-order valence-electron chi connectivity index (χ2n) is 1.92. The number of rotatable bonds is 1. The Labute approximate surface area is 77.9 Å². The molecule has 0 fully saturated rings. The van der Waals surface area contributed by atoms with Crippen molar-refractivity contribution in [3.63, 3.8) is 0 Å². The van der Waals surface area contributed by atoms with Crippen molar-refractivity contribution in [1.29, 1.82) is 5.26 Å². The first-order chi connectivity index (χ1) is 5.25. The lowest BCUT2D eigenvalue weighted by Gasteiger charge is -1.99. The van der Waals surface area contributed by atoms with Gasteiger partial charge in [-0.3, -0.25) is 4.98 Å². The largest absolute Gasteiger partial charge is 0.262 e. The summed E-state index contributed by atoms with van der Waals surface area (Å²) < 4.78 is 0.784. The van der Waals surface area contributed by atoms with Crippen LogP contribution in [0.3, 0.4) is 0 Å². The number of pyridine rings is 1. The molecule has 0 aliphatic rings. The summed E-state index contributed by atoms with van der Waals surface area (Å²) in [6.45, 7) is 0. The standard InChI is InChI=1S/C7H4BrClN2/c8-6-3-11-4-7(9)5(6)1-2-10/h3-4H,1H2. The van der Waals surface area contributed by atoms with Crippen LogP contribution in [-0.2, 0) is 6.42 Å². The fraction of sp³-hybridized carbons (Fsp3) is 0.143. The van der Waals surface area contributed by atoms with E-state index >= 15 is 0 Å². The van der Waals surface area contributed by atoms with Gasteiger partial charge in [0, 0.05) is 22.4 Å². The van der Waals surface area contributed by atoms with E-state index in [1.807, 2.05) is 6.07 Å². The summed E-state index contributed by atoms with van der Waals surface area (Å²) in [5, 5.41) is 8.95. The van der Waals surface area contributed by atoms with E-state index in [1.165, 1.54) is 6.20 Å². The molecule has 2 nitrogen and oxygen atoms in total. The summed E-state index contributed by atoms with van der Waals surface area (Å²) >= 11 is 9.01. The molecule has 4 heteroatoms. The molecule has 1 aromatic rings. The summed E-state index contributed by atoms with van der Waals surface area (Å²) in [7, 11) is 0. The number of hydrogen-bond donors (Lipinski definition) is 0. The second-order valence-corrected chi connectivity index (χ2v) is 3.18. The van der Waals surface area contributed by atoms with Crippen molar-refractivity contribution in [2.75, 3.05) is 0 Å². The molecular weight excluding hydrogens is 227 g/mol. The molecule has 0 aromatic carbocycles. The Morgan fingerprint density at radius 3 is 2.91 bits per heavy atom. The molecule has 56 valence electrons. The van der Waals surface area contributed by atoms with E-state index in [0.717, 1.165) is 10.0 Å². The van der Waals surface area contributed by atoms with Gasteiger partial charge in [-0.2, -0.15) is 5.26 Å². The van der Waals surface area contributed by atoms with E-state index in [2.05, 4.69) is 20.9 Å². The second kappa shape index (κ2) is 3.70. The highest BCUT2D eigenvalue weighted by Gasteiger charge is 2.03. The van der Waals surface area contributed by atoms with E-state index < -0.39 is 0 Å². The average Bonchev–Trinajstić information content (AvgIpc) is 1.97. The molecule has 0 spiro atoms. The molecule has 0 saturated carbocycles. The lowest BCUT2D eigenvalue weighted by molar-refractivity contribution is 1.19. The van der Waals surface area contributed by atoms with Crippen LogP contribution in [0, 0.1) is 11.3 Å². The Bertz CT molecular complexity index is 286. The summed E-state index contributed by atoms with van der Waals surface area (Å²) in [6.07, 6.45) is 3.46. The lowest BCUT2D eigenvalue weighted by atomic mass is 10.2. The Hall–Kier alpha value is -0.590. The SMILES string of the molecule is N#CCc1c(Cl)cncc1Br. The van der Waals surface area contributed by atoms with Gasteiger partial charge >= 0.3 is 0 Å². The predicted molar refractivity (Wildman–Crippen MR) is 46.3 cm³/mol. The van der Waals surface area contributed by atoms with Crippen LogP contribution in [0.4, 0.5) is 0 Å². The van der Waals surface area contributed by atoms with E-state index in [0.29, 0.717) is 11.4 Å². The molecule has 1 rings (SSSR count). The maximum atomic E-state index is 8.42. The topological polar surface area (TPSA) is 36.7 Å². The van der Waals surface area contributed by atoms with Crippen LogP contribution in [0.1, 0.15) is 5.56 Å². The van der Waals surface area contributed by atoms with Gasteiger partial charge in [0.1, 0.15) is 0 Å². The van der Waals surface area contributed by atoms with Crippen molar-refractivity contribution >= 4 is 27.5 Å². The predicted octanol–water partition coefficient (Wildman–Crippen LogP) is 2.56. The Morgan fingerprint density at radius 2 is 2.36 bits per heavy atom. The molecular formula is C7H4BrClN2. The molecule has 0 aliphatic carbocycles. The van der Waals surface area contributed by atoms with Gasteiger partial charge in [0.2, 0.25) is 0 Å². The highest BCUT2D eigenvalue weighted by Crippen LogP contribution is 2.23. The molecule has 1 heterocycles. The Morgan fingerprint density at radius 1 is 1.64 bits per heavy atom. The quantitative estimate of drug-likeness (QED) is 0.745. The third kappa shape index (κ3) is 1.92. The van der Waals surface area contributed by atoms with Crippen LogP contribution in [0.25, 0.3) is 0 Å². The first-order valence-corrected chi connectivity index (χ1v) is 4.07. The maximum Gasteiger partial charge on any atom is 0.0670 e. The minimum Gasteiger partial charge on any atom is -0.262 e. The number of hydrogen-bond acceptors (Lipinski definition) is 2. The van der Waals surface area contributed by atoms with Gasteiger partial charge in [-0.05, 0) is 15.9 Å². The smallest absolute Gasteiger partial charge is 0.0670 e. The van der Waals surface area contributed by atoms with Crippen molar-refractivity contribution in [3.8, 4) is 6.07 Å². The van der Waals surface area contributed by atoms with Crippen LogP contribution in [0.15, 0.2) is 16.9 Å². The zero-order valence-corrected chi connectivity index (χ0v) is 7.85. The zero-order chi connectivity index (χ0) is 8.27. The first kappa shape index (κ1) is 8.51. The summed E-state index contributed by atoms with van der Waals surface area (Å²) in [5.74, 6) is 0. The molecule has 0 radical (unpaired) electrons. The third-order valence-corrected chi connectivity index (χ3v) is 2.22. The van der Waals surface area contributed by atoms with Gasteiger partial charge < -0.3 is 0 Å². The van der Waals surface area contributed by atoms with Crippen molar-refractivity contribution in [2.24, 2.45) is 0 Å². The van der Waals surface area contributed by atoms with E-state index in [4.69, 9.17) is 16.9 Å². The van der Waals surface area contributed by atoms with E-state index in [1.54, 1.807) is 6.20 Å². The van der Waals surface area contributed by atoms with Crippen molar-refractivity contribution < 1.29 is 0 Å². The van der Waals surface area contributed by atoms with Crippen LogP contribution >= 0.6 is 27.5 Å². The molecule has 0 atom stereocenters. The van der Waals surface area contributed by atoms with Crippen LogP contribution in [0.2, 0.25) is 5.02 Å². The number of nitriles is 1. The van der Waals surface area contributed by atoms with Gasteiger partial charge in [0.25, 0.3) is 0 Å². The van der Waals surface area contributed by atoms with Gasteiger partial charge in [-0.1, -0.05) is 11.6 Å². The highest BCUT2D eigenvalue weighted by atomic mass is 79.9. The monoisotopic (exact) mass is 230 g/mol. The molecule has 0 unspecified atom stereocenters. The summed E-state index contributed by atoms with van der Waals surface area (Å²) in [4.78, 5) is 3.84. The van der Waals surface area contributed by atoms with Crippen molar-refractivity contribution in [2.45, 2.75) is 6.42 Å².